The van der Waals surface area contributed by atoms with Gasteiger partial charge in [-0.05, 0) is 31.2 Å². The second kappa shape index (κ2) is 5.09. The van der Waals surface area contributed by atoms with Gasteiger partial charge in [0.1, 0.15) is 5.82 Å². The predicted molar refractivity (Wildman–Crippen MR) is 73.2 cm³/mol. The van der Waals surface area contributed by atoms with Crippen molar-refractivity contribution in [3.63, 3.8) is 0 Å². The Balaban J connectivity index is 1.64. The fraction of sp³-hybridized carbons (Fsp3) is 0.846. The van der Waals surface area contributed by atoms with Crippen LogP contribution in [0.2, 0.25) is 0 Å². The number of nitrogens with zero attached hydrogens (tertiary/aromatic N) is 3. The number of piperidine rings is 1. The van der Waals surface area contributed by atoms with Gasteiger partial charge in [0.25, 0.3) is 0 Å². The van der Waals surface area contributed by atoms with Gasteiger partial charge in [0.2, 0.25) is 5.95 Å². The molecular weight excluding hydrogens is 242 g/mol. The molecule has 19 heavy (non-hydrogen) atoms. The second-order valence-corrected chi connectivity index (χ2v) is 6.08. The van der Waals surface area contributed by atoms with Crippen LogP contribution in [-0.4, -0.2) is 48.0 Å². The van der Waals surface area contributed by atoms with Crippen molar-refractivity contribution in [2.45, 2.75) is 32.1 Å². The molecule has 0 radical (unpaired) electrons. The van der Waals surface area contributed by atoms with Gasteiger partial charge in [-0.25, -0.2) is 0 Å². The summed E-state index contributed by atoms with van der Waals surface area (Å²) in [6.45, 7) is 6.61. The highest BCUT2D eigenvalue weighted by Crippen LogP contribution is 2.31. The Morgan fingerprint density at radius 2 is 2.26 bits per heavy atom. The smallest absolute Gasteiger partial charge is 0.244 e. The molecule has 0 bridgehead atoms. The van der Waals surface area contributed by atoms with E-state index in [2.05, 4.69) is 27.0 Å². The molecule has 0 saturated carbocycles. The quantitative estimate of drug-likeness (QED) is 0.848. The molecule has 1 unspecified atom stereocenters. The van der Waals surface area contributed by atoms with Crippen molar-refractivity contribution in [3.05, 3.63) is 5.82 Å². The third kappa shape index (κ3) is 2.60. The van der Waals surface area contributed by atoms with Crippen molar-refractivity contribution in [1.82, 2.24) is 15.2 Å². The zero-order chi connectivity index (χ0) is 13.3. The first-order chi connectivity index (χ1) is 9.20. The van der Waals surface area contributed by atoms with Gasteiger partial charge in [0.05, 0.1) is 6.61 Å². The molecule has 6 nitrogen and oxygen atoms in total. The van der Waals surface area contributed by atoms with Crippen molar-refractivity contribution in [1.29, 1.82) is 0 Å². The molecule has 2 saturated heterocycles. The van der Waals surface area contributed by atoms with Crippen LogP contribution in [0.1, 0.15) is 37.9 Å². The van der Waals surface area contributed by atoms with Crippen LogP contribution in [0.3, 0.4) is 0 Å². The summed E-state index contributed by atoms with van der Waals surface area (Å²) in [4.78, 5) is 6.89. The molecule has 3 rings (SSSR count). The Kier molecular flexibility index (Phi) is 3.45. The van der Waals surface area contributed by atoms with Gasteiger partial charge in [-0.1, -0.05) is 6.92 Å². The van der Waals surface area contributed by atoms with Gasteiger partial charge in [0.15, 0.2) is 0 Å². The fourth-order valence-corrected chi connectivity index (χ4v) is 2.79. The van der Waals surface area contributed by atoms with Crippen LogP contribution in [0.15, 0.2) is 0 Å². The largest absolute Gasteiger partial charge is 0.381 e. The molecule has 3 N–H and O–H groups in total. The molecule has 106 valence electrons. The van der Waals surface area contributed by atoms with Gasteiger partial charge in [-0.15, -0.1) is 5.10 Å². The maximum absolute atomic E-state index is 5.84. The highest BCUT2D eigenvalue weighted by atomic mass is 16.5. The van der Waals surface area contributed by atoms with E-state index in [9.17, 15) is 0 Å². The normalized spacial score (nSPS) is 26.8. The number of anilines is 1. The van der Waals surface area contributed by atoms with Crippen molar-refractivity contribution in [3.8, 4) is 0 Å². The molecule has 1 atom stereocenters. The summed E-state index contributed by atoms with van der Waals surface area (Å²) in [7, 11) is 0. The number of nitrogens with two attached hydrogens (primary N) is 1. The lowest BCUT2D eigenvalue weighted by atomic mass is 9.81. The first-order valence-electron chi connectivity index (χ1n) is 7.15. The number of ether oxygens (including phenoxy) is 1. The van der Waals surface area contributed by atoms with Crippen LogP contribution in [0.5, 0.6) is 0 Å². The molecule has 0 spiro atoms. The van der Waals surface area contributed by atoms with Crippen LogP contribution in [-0.2, 0) is 4.74 Å². The minimum absolute atomic E-state index is 0.287. The van der Waals surface area contributed by atoms with E-state index in [1.54, 1.807) is 0 Å². The first kappa shape index (κ1) is 12.9. The molecule has 0 aliphatic carbocycles. The van der Waals surface area contributed by atoms with E-state index < -0.39 is 0 Å². The average molecular weight is 265 g/mol. The van der Waals surface area contributed by atoms with Crippen LogP contribution >= 0.6 is 0 Å². The minimum atomic E-state index is 0.287. The molecule has 6 heteroatoms. The van der Waals surface area contributed by atoms with E-state index in [-0.39, 0.29) is 5.41 Å². The lowest BCUT2D eigenvalue weighted by molar-refractivity contribution is 0.193. The summed E-state index contributed by atoms with van der Waals surface area (Å²) >= 11 is 0. The van der Waals surface area contributed by atoms with Crippen LogP contribution in [0, 0.1) is 5.41 Å². The number of H-pyrrole nitrogens is 1. The van der Waals surface area contributed by atoms with E-state index in [1.807, 2.05) is 0 Å². The Morgan fingerprint density at radius 3 is 2.89 bits per heavy atom. The molecule has 1 aromatic rings. The van der Waals surface area contributed by atoms with Gasteiger partial charge < -0.3 is 15.4 Å². The lowest BCUT2D eigenvalue weighted by Gasteiger charge is -2.38. The molecule has 2 aliphatic rings. The third-order valence-electron chi connectivity index (χ3n) is 4.55. The Morgan fingerprint density at radius 1 is 1.47 bits per heavy atom. The van der Waals surface area contributed by atoms with E-state index in [4.69, 9.17) is 10.5 Å². The highest BCUT2D eigenvalue weighted by molar-refractivity contribution is 5.30. The number of hydrogen-bond acceptors (Lipinski definition) is 5. The van der Waals surface area contributed by atoms with Crippen molar-refractivity contribution in [2.75, 3.05) is 37.7 Å². The molecule has 0 aromatic carbocycles. The number of rotatable bonds is 3. The zero-order valence-electron chi connectivity index (χ0n) is 11.6. The molecule has 1 aromatic heterocycles. The van der Waals surface area contributed by atoms with Gasteiger partial charge in [-0.3, -0.25) is 5.10 Å². The predicted octanol–water partition coefficient (Wildman–Crippen LogP) is 0.874. The maximum Gasteiger partial charge on any atom is 0.244 e. The first-order valence-corrected chi connectivity index (χ1v) is 7.15. The lowest BCUT2D eigenvalue weighted by Crippen LogP contribution is -2.42. The fourth-order valence-electron chi connectivity index (χ4n) is 2.79. The highest BCUT2D eigenvalue weighted by Gasteiger charge is 2.30. The Bertz CT molecular complexity index is 418. The summed E-state index contributed by atoms with van der Waals surface area (Å²) in [5.74, 6) is 2.20. The van der Waals surface area contributed by atoms with E-state index >= 15 is 0 Å². The summed E-state index contributed by atoms with van der Waals surface area (Å²) in [6, 6.07) is 0. The topological polar surface area (TPSA) is 80.1 Å². The maximum atomic E-state index is 5.84. The Hall–Kier alpha value is -1.14. The third-order valence-corrected chi connectivity index (χ3v) is 4.55. The molecule has 2 aliphatic heterocycles. The Labute approximate surface area is 113 Å². The minimum Gasteiger partial charge on any atom is -0.381 e. The van der Waals surface area contributed by atoms with Crippen LogP contribution < -0.4 is 10.6 Å². The summed E-state index contributed by atoms with van der Waals surface area (Å²) < 4.78 is 5.39. The van der Waals surface area contributed by atoms with E-state index in [0.717, 1.165) is 63.9 Å². The number of aromatic nitrogens is 3. The SMILES string of the molecule is CC1(CN)CCN(c2n[nH]c(C3CCOC3)n2)CC1. The van der Waals surface area contributed by atoms with Crippen LogP contribution in [0.25, 0.3) is 0 Å². The van der Waals surface area contributed by atoms with E-state index in [0.29, 0.717) is 5.92 Å². The van der Waals surface area contributed by atoms with Crippen molar-refractivity contribution < 1.29 is 4.74 Å². The number of nitrogens with one attached hydrogen (secondary N) is 1. The second-order valence-electron chi connectivity index (χ2n) is 6.08. The molecule has 2 fully saturated rings. The van der Waals surface area contributed by atoms with Crippen molar-refractivity contribution >= 4 is 5.95 Å². The van der Waals surface area contributed by atoms with Gasteiger partial charge in [0, 0.05) is 25.6 Å². The summed E-state index contributed by atoms with van der Waals surface area (Å²) in [5.41, 5.74) is 6.13. The molecule has 0 amide bonds. The summed E-state index contributed by atoms with van der Waals surface area (Å²) in [5, 5.41) is 7.43. The van der Waals surface area contributed by atoms with Gasteiger partial charge in [-0.2, -0.15) is 4.98 Å². The number of aromatic amines is 1. The average Bonchev–Trinajstić information content (AvgIpc) is 3.10. The molecule has 3 heterocycles. The standard InChI is InChI=1S/C13H23N5O/c1-13(9-14)3-5-18(6-4-13)12-15-11(16-17-12)10-2-7-19-8-10/h10H,2-9,14H2,1H3,(H,15,16,17). The monoisotopic (exact) mass is 265 g/mol. The molecular formula is C13H23N5O. The summed E-state index contributed by atoms with van der Waals surface area (Å²) in [6.07, 6.45) is 3.26. The van der Waals surface area contributed by atoms with Crippen LogP contribution in [0.4, 0.5) is 5.95 Å². The zero-order valence-corrected chi connectivity index (χ0v) is 11.6. The van der Waals surface area contributed by atoms with E-state index in [1.165, 1.54) is 0 Å². The number of hydrogen-bond donors (Lipinski definition) is 2. The van der Waals surface area contributed by atoms with Gasteiger partial charge >= 0.3 is 0 Å². The van der Waals surface area contributed by atoms with Crippen molar-refractivity contribution in [2.24, 2.45) is 11.1 Å².